The minimum Gasteiger partial charge on any atom is -0.481 e. The van der Waals surface area contributed by atoms with Crippen LogP contribution in [0.15, 0.2) is 42.6 Å². The van der Waals surface area contributed by atoms with Crippen LogP contribution in [0.1, 0.15) is 12.0 Å². The van der Waals surface area contributed by atoms with Crippen LogP contribution in [0.25, 0.3) is 5.57 Å². The molecule has 0 saturated carbocycles. The standard InChI is InChI=1S/C11H10O2/c1-2-9(8-11(12)13)10-6-4-3-5-7-10/h3-7H,1,8H2,(H,12,13). The SMILES string of the molecule is C=C=C(CC(=O)O)c1ccccc1. The normalized spacial score (nSPS) is 8.92. The summed E-state index contributed by atoms with van der Waals surface area (Å²) in [6.45, 7) is 3.47. The van der Waals surface area contributed by atoms with Gasteiger partial charge < -0.3 is 5.11 Å². The van der Waals surface area contributed by atoms with Crippen molar-refractivity contribution >= 4 is 11.5 Å². The van der Waals surface area contributed by atoms with Crippen LogP contribution in [0.2, 0.25) is 0 Å². The van der Waals surface area contributed by atoms with Gasteiger partial charge in [-0.15, -0.1) is 5.73 Å². The van der Waals surface area contributed by atoms with Crippen molar-refractivity contribution in [3.8, 4) is 0 Å². The maximum absolute atomic E-state index is 10.5. The molecule has 0 aliphatic heterocycles. The van der Waals surface area contributed by atoms with Crippen molar-refractivity contribution in [3.05, 3.63) is 48.2 Å². The number of rotatable bonds is 3. The maximum Gasteiger partial charge on any atom is 0.308 e. The molecule has 0 aromatic heterocycles. The average Bonchev–Trinajstić information content (AvgIpc) is 2.15. The molecule has 0 aliphatic carbocycles. The van der Waals surface area contributed by atoms with E-state index in [1.165, 1.54) is 0 Å². The Kier molecular flexibility index (Phi) is 3.07. The summed E-state index contributed by atoms with van der Waals surface area (Å²) in [7, 11) is 0. The topological polar surface area (TPSA) is 37.3 Å². The molecule has 66 valence electrons. The highest BCUT2D eigenvalue weighted by molar-refractivity contribution is 5.83. The molecule has 0 amide bonds. The quantitative estimate of drug-likeness (QED) is 0.714. The first-order chi connectivity index (χ1) is 6.24. The van der Waals surface area contributed by atoms with Gasteiger partial charge in [-0.25, -0.2) is 0 Å². The average molecular weight is 174 g/mol. The summed E-state index contributed by atoms with van der Waals surface area (Å²) in [5.74, 6) is -0.866. The maximum atomic E-state index is 10.5. The zero-order valence-corrected chi connectivity index (χ0v) is 7.16. The highest BCUT2D eigenvalue weighted by Gasteiger charge is 2.04. The number of carboxylic acids is 1. The molecule has 1 aromatic carbocycles. The molecule has 1 N–H and O–H groups in total. The summed E-state index contributed by atoms with van der Waals surface area (Å²) in [5, 5.41) is 8.59. The molecule has 0 fully saturated rings. The van der Waals surface area contributed by atoms with Gasteiger partial charge >= 0.3 is 5.97 Å². The molecule has 0 heterocycles. The van der Waals surface area contributed by atoms with Crippen LogP contribution in [0, 0.1) is 0 Å². The van der Waals surface area contributed by atoms with Crippen LogP contribution in [0.4, 0.5) is 0 Å². The van der Waals surface area contributed by atoms with E-state index in [2.05, 4.69) is 12.3 Å². The first-order valence-electron chi connectivity index (χ1n) is 3.90. The van der Waals surface area contributed by atoms with Gasteiger partial charge in [0.15, 0.2) is 0 Å². The first-order valence-corrected chi connectivity index (χ1v) is 3.90. The third-order valence-corrected chi connectivity index (χ3v) is 1.66. The van der Waals surface area contributed by atoms with E-state index in [9.17, 15) is 4.79 Å². The second kappa shape index (κ2) is 4.29. The van der Waals surface area contributed by atoms with Crippen LogP contribution in [-0.2, 0) is 4.79 Å². The van der Waals surface area contributed by atoms with E-state index >= 15 is 0 Å². The fourth-order valence-electron chi connectivity index (χ4n) is 1.06. The van der Waals surface area contributed by atoms with Gasteiger partial charge in [0.25, 0.3) is 0 Å². The molecule has 0 saturated heterocycles. The molecule has 2 heteroatoms. The van der Waals surface area contributed by atoms with Crippen molar-refractivity contribution < 1.29 is 9.90 Å². The van der Waals surface area contributed by atoms with Gasteiger partial charge in [0, 0.05) is 5.57 Å². The van der Waals surface area contributed by atoms with Crippen molar-refractivity contribution in [3.63, 3.8) is 0 Å². The lowest BCUT2D eigenvalue weighted by Crippen LogP contribution is -1.95. The Morgan fingerprint density at radius 3 is 2.46 bits per heavy atom. The van der Waals surface area contributed by atoms with E-state index in [0.717, 1.165) is 5.56 Å². The number of hydrogen-bond acceptors (Lipinski definition) is 1. The van der Waals surface area contributed by atoms with Gasteiger partial charge in [0.1, 0.15) is 0 Å². The molecule has 0 unspecified atom stereocenters. The summed E-state index contributed by atoms with van der Waals surface area (Å²) >= 11 is 0. The van der Waals surface area contributed by atoms with E-state index in [1.807, 2.05) is 30.3 Å². The fraction of sp³-hybridized carbons (Fsp3) is 0.0909. The van der Waals surface area contributed by atoms with Crippen molar-refractivity contribution in [2.24, 2.45) is 0 Å². The predicted octanol–water partition coefficient (Wildman–Crippen LogP) is 2.33. The summed E-state index contributed by atoms with van der Waals surface area (Å²) in [4.78, 5) is 10.5. The molecule has 1 rings (SSSR count). The van der Waals surface area contributed by atoms with Crippen molar-refractivity contribution in [2.75, 3.05) is 0 Å². The zero-order valence-electron chi connectivity index (χ0n) is 7.16. The Morgan fingerprint density at radius 1 is 1.38 bits per heavy atom. The second-order valence-electron chi connectivity index (χ2n) is 2.59. The van der Waals surface area contributed by atoms with Crippen LogP contribution in [0.3, 0.4) is 0 Å². The highest BCUT2D eigenvalue weighted by Crippen LogP contribution is 2.15. The Morgan fingerprint density at radius 2 is 2.00 bits per heavy atom. The third kappa shape index (κ3) is 2.62. The van der Waals surface area contributed by atoms with Gasteiger partial charge in [-0.05, 0) is 5.56 Å². The molecule has 1 aromatic rings. The number of hydrogen-bond donors (Lipinski definition) is 1. The van der Waals surface area contributed by atoms with Crippen molar-refractivity contribution in [1.82, 2.24) is 0 Å². The minimum atomic E-state index is -0.866. The van der Waals surface area contributed by atoms with Crippen LogP contribution < -0.4 is 0 Å². The molecule has 0 radical (unpaired) electrons. The van der Waals surface area contributed by atoms with Gasteiger partial charge in [-0.1, -0.05) is 36.9 Å². The van der Waals surface area contributed by atoms with E-state index in [0.29, 0.717) is 5.57 Å². The number of aliphatic carboxylic acids is 1. The number of benzene rings is 1. The van der Waals surface area contributed by atoms with Crippen LogP contribution in [0.5, 0.6) is 0 Å². The lowest BCUT2D eigenvalue weighted by Gasteiger charge is -2.00. The monoisotopic (exact) mass is 174 g/mol. The molecule has 0 bridgehead atoms. The Bertz CT molecular complexity index is 346. The molecule has 2 nitrogen and oxygen atoms in total. The van der Waals surface area contributed by atoms with Gasteiger partial charge in [0.2, 0.25) is 0 Å². The van der Waals surface area contributed by atoms with E-state index in [4.69, 9.17) is 5.11 Å². The molecule has 0 spiro atoms. The first kappa shape index (κ1) is 9.30. The van der Waals surface area contributed by atoms with E-state index in [1.54, 1.807) is 0 Å². The number of carboxylic acid groups (broad SMARTS) is 1. The summed E-state index contributed by atoms with van der Waals surface area (Å²) in [6, 6.07) is 9.28. The smallest absolute Gasteiger partial charge is 0.308 e. The van der Waals surface area contributed by atoms with Gasteiger partial charge in [-0.2, -0.15) is 0 Å². The summed E-state index contributed by atoms with van der Waals surface area (Å²) < 4.78 is 0. The summed E-state index contributed by atoms with van der Waals surface area (Å²) in [6.07, 6.45) is -0.0342. The number of carbonyl (C=O) groups is 1. The van der Waals surface area contributed by atoms with Gasteiger partial charge in [-0.3, -0.25) is 4.79 Å². The molecule has 0 atom stereocenters. The minimum absolute atomic E-state index is 0.0342. The lowest BCUT2D eigenvalue weighted by atomic mass is 10.0. The molecular weight excluding hydrogens is 164 g/mol. The van der Waals surface area contributed by atoms with E-state index < -0.39 is 5.97 Å². The van der Waals surface area contributed by atoms with E-state index in [-0.39, 0.29) is 6.42 Å². The van der Waals surface area contributed by atoms with Crippen LogP contribution in [-0.4, -0.2) is 11.1 Å². The van der Waals surface area contributed by atoms with Crippen molar-refractivity contribution in [2.45, 2.75) is 6.42 Å². The Labute approximate surface area is 76.8 Å². The largest absolute Gasteiger partial charge is 0.481 e. The van der Waals surface area contributed by atoms with Crippen LogP contribution >= 0.6 is 0 Å². The fourth-order valence-corrected chi connectivity index (χ4v) is 1.06. The van der Waals surface area contributed by atoms with Gasteiger partial charge in [0.05, 0.1) is 6.42 Å². The third-order valence-electron chi connectivity index (χ3n) is 1.66. The second-order valence-corrected chi connectivity index (χ2v) is 2.59. The lowest BCUT2D eigenvalue weighted by molar-refractivity contribution is -0.135. The molecule has 13 heavy (non-hydrogen) atoms. The Hall–Kier alpha value is -1.79. The molecular formula is C11H10O2. The molecule has 0 aliphatic rings. The predicted molar refractivity (Wildman–Crippen MR) is 51.2 cm³/mol. The Balaban J connectivity index is 2.93. The van der Waals surface area contributed by atoms with Crippen molar-refractivity contribution in [1.29, 1.82) is 0 Å². The highest BCUT2D eigenvalue weighted by atomic mass is 16.4. The summed E-state index contributed by atoms with van der Waals surface area (Å²) in [5.41, 5.74) is 4.12. The zero-order chi connectivity index (χ0) is 9.68.